The number of rotatable bonds is 5. The van der Waals surface area contributed by atoms with Crippen LogP contribution in [0.4, 0.5) is 5.82 Å². The normalized spacial score (nSPS) is 10.4. The van der Waals surface area contributed by atoms with Crippen LogP contribution in [0.15, 0.2) is 22.7 Å². The van der Waals surface area contributed by atoms with Crippen LogP contribution in [0.1, 0.15) is 19.0 Å². The van der Waals surface area contributed by atoms with E-state index in [0.29, 0.717) is 17.4 Å². The van der Waals surface area contributed by atoms with E-state index in [-0.39, 0.29) is 0 Å². The lowest BCUT2D eigenvalue weighted by atomic mass is 10.3. The Hall–Kier alpha value is -1.69. The van der Waals surface area contributed by atoms with Gasteiger partial charge in [-0.25, -0.2) is 15.0 Å². The molecule has 0 aliphatic rings. The summed E-state index contributed by atoms with van der Waals surface area (Å²) in [5.74, 6) is 1.93. The summed E-state index contributed by atoms with van der Waals surface area (Å²) in [7, 11) is 1.59. The van der Waals surface area contributed by atoms with Gasteiger partial charge >= 0.3 is 0 Å². The smallest absolute Gasteiger partial charge is 0.213 e. The first-order chi connectivity index (χ1) is 9.65. The van der Waals surface area contributed by atoms with Gasteiger partial charge < -0.3 is 10.1 Å². The fourth-order valence-electron chi connectivity index (χ4n) is 1.69. The molecule has 0 atom stereocenters. The molecule has 0 radical (unpaired) electrons. The number of methoxy groups -OCH3 is 1. The number of hydrogen-bond acceptors (Lipinski definition) is 5. The Morgan fingerprint density at radius 3 is 2.75 bits per heavy atom. The number of ether oxygens (including phenoxy) is 1. The standard InChI is InChI=1S/C14H17BrN4O/c1-4-8-16-14-12(15)9(2)17-13(19-14)10-6-5-7-11(18-10)20-3/h5-7H,4,8H2,1-3H3,(H,16,17,19). The fourth-order valence-corrected chi connectivity index (χ4v) is 2.00. The average molecular weight is 337 g/mol. The number of halogens is 1. The van der Waals surface area contributed by atoms with E-state index in [4.69, 9.17) is 4.74 Å². The van der Waals surface area contributed by atoms with Crippen molar-refractivity contribution in [2.75, 3.05) is 19.0 Å². The molecule has 6 heteroatoms. The van der Waals surface area contributed by atoms with E-state index in [1.54, 1.807) is 13.2 Å². The number of nitrogens with one attached hydrogen (secondary N) is 1. The minimum Gasteiger partial charge on any atom is -0.481 e. The summed E-state index contributed by atoms with van der Waals surface area (Å²) in [6, 6.07) is 5.54. The molecule has 0 bridgehead atoms. The predicted molar refractivity (Wildman–Crippen MR) is 83.0 cm³/mol. The molecular formula is C14H17BrN4O. The van der Waals surface area contributed by atoms with Crippen molar-refractivity contribution in [1.29, 1.82) is 0 Å². The van der Waals surface area contributed by atoms with E-state index in [9.17, 15) is 0 Å². The largest absolute Gasteiger partial charge is 0.481 e. The zero-order valence-corrected chi connectivity index (χ0v) is 13.4. The molecule has 0 saturated heterocycles. The van der Waals surface area contributed by atoms with Gasteiger partial charge in [0.1, 0.15) is 11.5 Å². The molecule has 2 aromatic heterocycles. The number of anilines is 1. The van der Waals surface area contributed by atoms with Gasteiger partial charge in [-0.3, -0.25) is 0 Å². The zero-order chi connectivity index (χ0) is 14.5. The summed E-state index contributed by atoms with van der Waals surface area (Å²) in [5, 5.41) is 3.29. The van der Waals surface area contributed by atoms with Crippen LogP contribution in [0.5, 0.6) is 5.88 Å². The molecule has 0 aliphatic carbocycles. The van der Waals surface area contributed by atoms with Gasteiger partial charge in [-0.05, 0) is 35.3 Å². The first kappa shape index (κ1) is 14.7. The third kappa shape index (κ3) is 3.25. The number of pyridine rings is 1. The summed E-state index contributed by atoms with van der Waals surface area (Å²) in [5.41, 5.74) is 1.57. The molecule has 1 N–H and O–H groups in total. The maximum absolute atomic E-state index is 5.13. The second-order valence-corrected chi connectivity index (χ2v) is 5.08. The van der Waals surface area contributed by atoms with Gasteiger partial charge in [-0.15, -0.1) is 0 Å². The highest BCUT2D eigenvalue weighted by molar-refractivity contribution is 9.10. The Morgan fingerprint density at radius 2 is 2.05 bits per heavy atom. The molecule has 0 aromatic carbocycles. The molecule has 0 amide bonds. The summed E-state index contributed by atoms with van der Waals surface area (Å²) >= 11 is 3.51. The van der Waals surface area contributed by atoms with Crippen LogP contribution in [0, 0.1) is 6.92 Å². The van der Waals surface area contributed by atoms with E-state index < -0.39 is 0 Å². The SMILES string of the molecule is CCCNc1nc(-c2cccc(OC)n2)nc(C)c1Br. The summed E-state index contributed by atoms with van der Waals surface area (Å²) in [6.45, 7) is 4.91. The molecule has 0 saturated carbocycles. The Bertz CT molecular complexity index is 604. The number of aromatic nitrogens is 3. The van der Waals surface area contributed by atoms with E-state index in [2.05, 4.69) is 43.1 Å². The summed E-state index contributed by atoms with van der Waals surface area (Å²) < 4.78 is 6.02. The summed E-state index contributed by atoms with van der Waals surface area (Å²) in [4.78, 5) is 13.4. The minimum atomic E-state index is 0.551. The maximum atomic E-state index is 5.13. The van der Waals surface area contributed by atoms with Gasteiger partial charge in [0, 0.05) is 12.6 Å². The molecule has 2 rings (SSSR count). The maximum Gasteiger partial charge on any atom is 0.213 e. The van der Waals surface area contributed by atoms with Gasteiger partial charge in [0.15, 0.2) is 5.82 Å². The van der Waals surface area contributed by atoms with Gasteiger partial charge in [-0.1, -0.05) is 13.0 Å². The quantitative estimate of drug-likeness (QED) is 0.906. The zero-order valence-electron chi connectivity index (χ0n) is 11.8. The van der Waals surface area contributed by atoms with Crippen molar-refractivity contribution >= 4 is 21.7 Å². The monoisotopic (exact) mass is 336 g/mol. The van der Waals surface area contributed by atoms with Crippen molar-refractivity contribution in [1.82, 2.24) is 15.0 Å². The topological polar surface area (TPSA) is 59.9 Å². The van der Waals surface area contributed by atoms with Crippen LogP contribution in [0.2, 0.25) is 0 Å². The number of nitrogens with zero attached hydrogens (tertiary/aromatic N) is 3. The van der Waals surface area contributed by atoms with Gasteiger partial charge in [-0.2, -0.15) is 0 Å². The van der Waals surface area contributed by atoms with Crippen molar-refractivity contribution in [3.8, 4) is 17.4 Å². The Morgan fingerprint density at radius 1 is 1.25 bits per heavy atom. The third-order valence-electron chi connectivity index (χ3n) is 2.72. The molecular weight excluding hydrogens is 320 g/mol. The summed E-state index contributed by atoms with van der Waals surface area (Å²) in [6.07, 6.45) is 1.03. The van der Waals surface area contributed by atoms with Crippen LogP contribution < -0.4 is 10.1 Å². The van der Waals surface area contributed by atoms with E-state index in [1.165, 1.54) is 0 Å². The lowest BCUT2D eigenvalue weighted by molar-refractivity contribution is 0.398. The van der Waals surface area contributed by atoms with Crippen LogP contribution in [0.3, 0.4) is 0 Å². The molecule has 0 aliphatic heterocycles. The highest BCUT2D eigenvalue weighted by atomic mass is 79.9. The molecule has 2 aromatic rings. The molecule has 2 heterocycles. The lowest BCUT2D eigenvalue weighted by Gasteiger charge is -2.10. The molecule has 0 spiro atoms. The van der Waals surface area contributed by atoms with E-state index >= 15 is 0 Å². The van der Waals surface area contributed by atoms with Gasteiger partial charge in [0.2, 0.25) is 5.88 Å². The highest BCUT2D eigenvalue weighted by Crippen LogP contribution is 2.26. The molecule has 106 valence electrons. The number of hydrogen-bond donors (Lipinski definition) is 1. The van der Waals surface area contributed by atoms with Crippen molar-refractivity contribution in [3.05, 3.63) is 28.4 Å². The molecule has 20 heavy (non-hydrogen) atoms. The Kier molecular flexibility index (Phi) is 4.89. The van der Waals surface area contributed by atoms with Crippen LogP contribution >= 0.6 is 15.9 Å². The van der Waals surface area contributed by atoms with Crippen molar-refractivity contribution in [2.24, 2.45) is 0 Å². The molecule has 0 fully saturated rings. The third-order valence-corrected chi connectivity index (χ3v) is 3.67. The Balaban J connectivity index is 2.43. The average Bonchev–Trinajstić information content (AvgIpc) is 2.48. The van der Waals surface area contributed by atoms with Gasteiger partial charge in [0.05, 0.1) is 17.3 Å². The van der Waals surface area contributed by atoms with Crippen molar-refractivity contribution in [3.63, 3.8) is 0 Å². The van der Waals surface area contributed by atoms with Crippen LogP contribution in [-0.4, -0.2) is 28.6 Å². The lowest BCUT2D eigenvalue weighted by Crippen LogP contribution is -2.06. The Labute approximate surface area is 127 Å². The minimum absolute atomic E-state index is 0.551. The van der Waals surface area contributed by atoms with E-state index in [0.717, 1.165) is 29.0 Å². The fraction of sp³-hybridized carbons (Fsp3) is 0.357. The van der Waals surface area contributed by atoms with Crippen LogP contribution in [0.25, 0.3) is 11.5 Å². The highest BCUT2D eigenvalue weighted by Gasteiger charge is 2.12. The van der Waals surface area contributed by atoms with Gasteiger partial charge in [0.25, 0.3) is 0 Å². The molecule has 5 nitrogen and oxygen atoms in total. The molecule has 0 unspecified atom stereocenters. The second kappa shape index (κ2) is 6.65. The van der Waals surface area contributed by atoms with Crippen molar-refractivity contribution < 1.29 is 4.74 Å². The number of aryl methyl sites for hydroxylation is 1. The first-order valence-electron chi connectivity index (χ1n) is 6.45. The first-order valence-corrected chi connectivity index (χ1v) is 7.24. The van der Waals surface area contributed by atoms with Crippen LogP contribution in [-0.2, 0) is 0 Å². The van der Waals surface area contributed by atoms with E-state index in [1.807, 2.05) is 19.1 Å². The second-order valence-electron chi connectivity index (χ2n) is 4.29. The predicted octanol–water partition coefficient (Wildman–Crippen LogP) is 3.44. The van der Waals surface area contributed by atoms with Crippen molar-refractivity contribution in [2.45, 2.75) is 20.3 Å².